The Morgan fingerprint density at radius 1 is 1.40 bits per heavy atom. The summed E-state index contributed by atoms with van der Waals surface area (Å²) in [6.07, 6.45) is 5.96. The zero-order valence-electron chi connectivity index (χ0n) is 9.88. The van der Waals surface area contributed by atoms with Crippen LogP contribution < -0.4 is 0 Å². The number of likely N-dealkylation sites (tertiary alicyclic amines) is 1. The van der Waals surface area contributed by atoms with Gasteiger partial charge >= 0.3 is 0 Å². The molecule has 0 aromatic carbocycles. The lowest BCUT2D eigenvalue weighted by Crippen LogP contribution is -2.59. The SMILES string of the molecule is C=C(C)C1CCN(C(C)=O)C2(CCC2)C1. The van der Waals surface area contributed by atoms with Gasteiger partial charge in [-0.3, -0.25) is 4.79 Å². The molecule has 1 heterocycles. The zero-order valence-corrected chi connectivity index (χ0v) is 9.88. The molecule has 2 nitrogen and oxygen atoms in total. The fourth-order valence-corrected chi connectivity index (χ4v) is 3.16. The summed E-state index contributed by atoms with van der Waals surface area (Å²) in [5, 5.41) is 0. The monoisotopic (exact) mass is 207 g/mol. The summed E-state index contributed by atoms with van der Waals surface area (Å²) < 4.78 is 0. The van der Waals surface area contributed by atoms with Crippen molar-refractivity contribution < 1.29 is 4.79 Å². The third-order valence-electron chi connectivity index (χ3n) is 4.26. The molecule has 15 heavy (non-hydrogen) atoms. The van der Waals surface area contributed by atoms with E-state index in [1.807, 2.05) is 0 Å². The number of piperidine rings is 1. The van der Waals surface area contributed by atoms with Gasteiger partial charge in [0.05, 0.1) is 0 Å². The third kappa shape index (κ3) is 1.70. The summed E-state index contributed by atoms with van der Waals surface area (Å²) in [4.78, 5) is 13.7. The fraction of sp³-hybridized carbons (Fsp3) is 0.769. The van der Waals surface area contributed by atoms with E-state index >= 15 is 0 Å². The molecule has 0 aromatic heterocycles. The number of carbonyl (C=O) groups is 1. The first-order chi connectivity index (χ1) is 7.05. The first kappa shape index (κ1) is 10.7. The molecule has 1 saturated heterocycles. The van der Waals surface area contributed by atoms with Crippen molar-refractivity contribution in [1.29, 1.82) is 0 Å². The maximum absolute atomic E-state index is 11.6. The van der Waals surface area contributed by atoms with E-state index in [2.05, 4.69) is 18.4 Å². The second kappa shape index (κ2) is 3.66. The first-order valence-corrected chi connectivity index (χ1v) is 5.99. The maximum atomic E-state index is 11.6. The van der Waals surface area contributed by atoms with Gasteiger partial charge < -0.3 is 4.90 Å². The van der Waals surface area contributed by atoms with Crippen molar-refractivity contribution in [1.82, 2.24) is 4.90 Å². The molecule has 1 aliphatic heterocycles. The molecule has 84 valence electrons. The topological polar surface area (TPSA) is 20.3 Å². The minimum absolute atomic E-state index is 0.216. The number of amides is 1. The Labute approximate surface area is 92.3 Å². The highest BCUT2D eigenvalue weighted by Crippen LogP contribution is 2.47. The lowest BCUT2D eigenvalue weighted by atomic mass is 9.66. The number of nitrogens with zero attached hydrogens (tertiary/aromatic N) is 1. The van der Waals surface area contributed by atoms with Gasteiger partial charge in [-0.05, 0) is 44.9 Å². The summed E-state index contributed by atoms with van der Waals surface area (Å²) in [6, 6.07) is 0. The molecule has 2 fully saturated rings. The van der Waals surface area contributed by atoms with Gasteiger partial charge in [-0.15, -0.1) is 0 Å². The van der Waals surface area contributed by atoms with Crippen molar-refractivity contribution in [2.75, 3.05) is 6.54 Å². The first-order valence-electron chi connectivity index (χ1n) is 5.99. The number of allylic oxidation sites excluding steroid dienone is 1. The zero-order chi connectivity index (χ0) is 11.1. The summed E-state index contributed by atoms with van der Waals surface area (Å²) in [7, 11) is 0. The summed E-state index contributed by atoms with van der Waals surface area (Å²) in [5.74, 6) is 0.899. The summed E-state index contributed by atoms with van der Waals surface area (Å²) in [6.45, 7) is 8.84. The second-order valence-electron chi connectivity index (χ2n) is 5.28. The van der Waals surface area contributed by atoms with Crippen molar-refractivity contribution in [3.63, 3.8) is 0 Å². The normalized spacial score (nSPS) is 28.7. The number of carbonyl (C=O) groups excluding carboxylic acids is 1. The molecule has 0 N–H and O–H groups in total. The molecule has 1 spiro atoms. The maximum Gasteiger partial charge on any atom is 0.219 e. The third-order valence-corrected chi connectivity index (χ3v) is 4.26. The summed E-state index contributed by atoms with van der Waals surface area (Å²) in [5.41, 5.74) is 1.51. The molecule has 1 amide bonds. The highest BCUT2D eigenvalue weighted by Gasteiger charge is 2.47. The Hall–Kier alpha value is -0.790. The Bertz CT molecular complexity index is 291. The van der Waals surface area contributed by atoms with Crippen LogP contribution in [0.4, 0.5) is 0 Å². The average Bonchev–Trinajstić information content (AvgIpc) is 2.14. The van der Waals surface area contributed by atoms with E-state index in [4.69, 9.17) is 0 Å². The molecule has 0 bridgehead atoms. The molecule has 1 saturated carbocycles. The van der Waals surface area contributed by atoms with Crippen LogP contribution in [-0.2, 0) is 4.79 Å². The second-order valence-corrected chi connectivity index (χ2v) is 5.28. The van der Waals surface area contributed by atoms with Gasteiger partial charge in [0.15, 0.2) is 0 Å². The number of rotatable bonds is 1. The minimum Gasteiger partial charge on any atom is -0.337 e. The van der Waals surface area contributed by atoms with Gasteiger partial charge in [-0.25, -0.2) is 0 Å². The smallest absolute Gasteiger partial charge is 0.219 e. The van der Waals surface area contributed by atoms with Crippen molar-refractivity contribution in [2.24, 2.45) is 5.92 Å². The van der Waals surface area contributed by atoms with Gasteiger partial charge in [0.2, 0.25) is 5.91 Å². The van der Waals surface area contributed by atoms with Crippen molar-refractivity contribution in [2.45, 2.75) is 51.5 Å². The Balaban J connectivity index is 2.13. The predicted octanol–water partition coefficient (Wildman–Crippen LogP) is 2.74. The van der Waals surface area contributed by atoms with Gasteiger partial charge in [0, 0.05) is 19.0 Å². The Morgan fingerprint density at radius 3 is 2.47 bits per heavy atom. The fourth-order valence-electron chi connectivity index (χ4n) is 3.16. The van der Waals surface area contributed by atoms with Gasteiger partial charge in [0.1, 0.15) is 0 Å². The number of hydrogen-bond acceptors (Lipinski definition) is 1. The van der Waals surface area contributed by atoms with Crippen molar-refractivity contribution in [3.05, 3.63) is 12.2 Å². The van der Waals surface area contributed by atoms with Gasteiger partial charge in [0.25, 0.3) is 0 Å². The van der Waals surface area contributed by atoms with E-state index in [0.717, 1.165) is 19.4 Å². The molecule has 1 unspecified atom stereocenters. The van der Waals surface area contributed by atoms with E-state index in [1.165, 1.54) is 24.8 Å². The molecule has 2 rings (SSSR count). The van der Waals surface area contributed by atoms with Gasteiger partial charge in [-0.2, -0.15) is 0 Å². The van der Waals surface area contributed by atoms with Crippen LogP contribution in [0.2, 0.25) is 0 Å². The lowest BCUT2D eigenvalue weighted by molar-refractivity contribution is -0.144. The van der Waals surface area contributed by atoms with Crippen LogP contribution in [0.25, 0.3) is 0 Å². The van der Waals surface area contributed by atoms with Crippen LogP contribution in [0.5, 0.6) is 0 Å². The van der Waals surface area contributed by atoms with E-state index in [1.54, 1.807) is 6.92 Å². The van der Waals surface area contributed by atoms with Crippen LogP contribution in [0.3, 0.4) is 0 Å². The Morgan fingerprint density at radius 2 is 2.07 bits per heavy atom. The van der Waals surface area contributed by atoms with Gasteiger partial charge in [-0.1, -0.05) is 12.2 Å². The van der Waals surface area contributed by atoms with Crippen LogP contribution in [-0.4, -0.2) is 22.9 Å². The average molecular weight is 207 g/mol. The van der Waals surface area contributed by atoms with E-state index in [9.17, 15) is 4.79 Å². The molecule has 2 aliphatic rings. The molecule has 0 radical (unpaired) electrons. The molecule has 0 aromatic rings. The Kier molecular flexibility index (Phi) is 2.61. The van der Waals surface area contributed by atoms with Crippen LogP contribution in [0.15, 0.2) is 12.2 Å². The molecular weight excluding hydrogens is 186 g/mol. The molecular formula is C13H21NO. The van der Waals surface area contributed by atoms with E-state index in [0.29, 0.717) is 5.92 Å². The van der Waals surface area contributed by atoms with Crippen LogP contribution in [0, 0.1) is 5.92 Å². The van der Waals surface area contributed by atoms with E-state index in [-0.39, 0.29) is 11.4 Å². The minimum atomic E-state index is 0.216. The number of hydrogen-bond donors (Lipinski definition) is 0. The highest BCUT2D eigenvalue weighted by atomic mass is 16.2. The standard InChI is InChI=1S/C13H21NO/c1-10(2)12-5-8-14(11(3)15)13(9-12)6-4-7-13/h12H,1,4-9H2,2-3H3. The van der Waals surface area contributed by atoms with Crippen LogP contribution in [0.1, 0.15) is 46.0 Å². The predicted molar refractivity (Wildman–Crippen MR) is 61.5 cm³/mol. The van der Waals surface area contributed by atoms with E-state index < -0.39 is 0 Å². The molecule has 1 aliphatic carbocycles. The van der Waals surface area contributed by atoms with Crippen molar-refractivity contribution >= 4 is 5.91 Å². The quantitative estimate of drug-likeness (QED) is 0.605. The summed E-state index contributed by atoms with van der Waals surface area (Å²) >= 11 is 0. The highest BCUT2D eigenvalue weighted by molar-refractivity contribution is 5.74. The largest absolute Gasteiger partial charge is 0.337 e. The van der Waals surface area contributed by atoms with Crippen molar-refractivity contribution in [3.8, 4) is 0 Å². The van der Waals surface area contributed by atoms with Crippen LogP contribution >= 0.6 is 0 Å². The lowest BCUT2D eigenvalue weighted by Gasteiger charge is -2.55. The molecule has 2 heteroatoms. The molecule has 1 atom stereocenters.